The molecular formula is C6H11NO3. The fourth-order valence-electron chi connectivity index (χ4n) is 0.333. The number of hydrogen-bond acceptors (Lipinski definition) is 4. The van der Waals surface area contributed by atoms with E-state index in [4.69, 9.17) is 10.8 Å². The molecule has 0 aromatic heterocycles. The van der Waals surface area contributed by atoms with Crippen LogP contribution in [0.2, 0.25) is 0 Å². The monoisotopic (exact) mass is 145 g/mol. The van der Waals surface area contributed by atoms with Crippen LogP contribution in [0.3, 0.4) is 0 Å². The molecule has 3 N–H and O–H groups in total. The van der Waals surface area contributed by atoms with Gasteiger partial charge in [0.2, 0.25) is 0 Å². The molecule has 4 heteroatoms. The average Bonchev–Trinajstić information content (AvgIpc) is 1.98. The molecule has 0 bridgehead atoms. The molecule has 0 heterocycles. The zero-order valence-corrected chi connectivity index (χ0v) is 5.62. The topological polar surface area (TPSA) is 72.5 Å². The lowest BCUT2D eigenvalue weighted by molar-refractivity contribution is -0.151. The van der Waals surface area contributed by atoms with Crippen molar-refractivity contribution in [1.82, 2.24) is 0 Å². The smallest absolute Gasteiger partial charge is 0.336 e. The lowest BCUT2D eigenvalue weighted by atomic mass is 10.4. The third-order valence-corrected chi connectivity index (χ3v) is 0.839. The molecule has 10 heavy (non-hydrogen) atoms. The zero-order valence-electron chi connectivity index (χ0n) is 5.62. The van der Waals surface area contributed by atoms with Crippen LogP contribution in [0, 0.1) is 0 Å². The second-order valence-corrected chi connectivity index (χ2v) is 1.67. The molecule has 0 amide bonds. The summed E-state index contributed by atoms with van der Waals surface area (Å²) in [5.74, 6) is -0.706. The van der Waals surface area contributed by atoms with E-state index in [9.17, 15) is 4.79 Å². The fourth-order valence-corrected chi connectivity index (χ4v) is 0.333. The normalized spacial score (nSPS) is 12.2. The Hall–Kier alpha value is -0.870. The van der Waals surface area contributed by atoms with Gasteiger partial charge in [-0.1, -0.05) is 12.7 Å². The molecule has 0 aromatic rings. The Kier molecular flexibility index (Phi) is 4.53. The summed E-state index contributed by atoms with van der Waals surface area (Å²) >= 11 is 0. The Morgan fingerprint density at radius 3 is 2.90 bits per heavy atom. The highest BCUT2D eigenvalue weighted by Gasteiger charge is 2.12. The predicted molar refractivity (Wildman–Crippen MR) is 36.2 cm³/mol. The first-order chi connectivity index (χ1) is 4.72. The van der Waals surface area contributed by atoms with E-state index in [0.717, 1.165) is 0 Å². The van der Waals surface area contributed by atoms with Gasteiger partial charge in [-0.05, 0) is 0 Å². The van der Waals surface area contributed by atoms with Gasteiger partial charge < -0.3 is 15.6 Å². The maximum Gasteiger partial charge on any atom is 0.336 e. The van der Waals surface area contributed by atoms with Crippen molar-refractivity contribution in [3.05, 3.63) is 12.7 Å². The Labute approximate surface area is 59.3 Å². The highest BCUT2D eigenvalue weighted by molar-refractivity contribution is 5.74. The number of esters is 1. The Balaban J connectivity index is 3.51. The van der Waals surface area contributed by atoms with Crippen molar-refractivity contribution in [1.29, 1.82) is 0 Å². The Morgan fingerprint density at radius 2 is 2.50 bits per heavy atom. The first-order valence-corrected chi connectivity index (χ1v) is 2.88. The van der Waals surface area contributed by atoms with E-state index in [2.05, 4.69) is 11.3 Å². The molecule has 58 valence electrons. The van der Waals surface area contributed by atoms with Gasteiger partial charge in [0.25, 0.3) is 0 Å². The van der Waals surface area contributed by atoms with Crippen LogP contribution in [0.15, 0.2) is 12.7 Å². The molecule has 1 unspecified atom stereocenters. The van der Waals surface area contributed by atoms with Gasteiger partial charge in [-0.3, -0.25) is 0 Å². The van der Waals surface area contributed by atoms with Crippen molar-refractivity contribution >= 4 is 5.97 Å². The van der Waals surface area contributed by atoms with Crippen molar-refractivity contribution < 1.29 is 14.6 Å². The first-order valence-electron chi connectivity index (χ1n) is 2.88. The molecule has 0 saturated carbocycles. The van der Waals surface area contributed by atoms with Crippen LogP contribution in [-0.2, 0) is 9.53 Å². The van der Waals surface area contributed by atoms with Gasteiger partial charge in [-0.15, -0.1) is 0 Å². The van der Waals surface area contributed by atoms with Crippen LogP contribution >= 0.6 is 0 Å². The van der Waals surface area contributed by atoms with Crippen molar-refractivity contribution in [2.75, 3.05) is 13.2 Å². The molecule has 0 aliphatic rings. The highest BCUT2D eigenvalue weighted by Crippen LogP contribution is 1.85. The average molecular weight is 145 g/mol. The molecule has 0 aliphatic heterocycles. The largest absolute Gasteiger partial charge is 0.460 e. The fraction of sp³-hybridized carbons (Fsp3) is 0.500. The number of nitrogens with two attached hydrogens (primary N) is 1. The quantitative estimate of drug-likeness (QED) is 0.394. The van der Waals surface area contributed by atoms with Crippen LogP contribution in [0.5, 0.6) is 0 Å². The summed E-state index contributed by atoms with van der Waals surface area (Å²) < 4.78 is 4.46. The SMILES string of the molecule is C=CCOC(=O)C(O)CN. The summed E-state index contributed by atoms with van der Waals surface area (Å²) in [6.07, 6.45) is 0.209. The van der Waals surface area contributed by atoms with Gasteiger partial charge in [-0.25, -0.2) is 4.79 Å². The minimum atomic E-state index is -1.21. The highest BCUT2D eigenvalue weighted by atomic mass is 16.5. The Bertz CT molecular complexity index is 124. The van der Waals surface area contributed by atoms with Crippen LogP contribution < -0.4 is 5.73 Å². The molecule has 0 rings (SSSR count). The van der Waals surface area contributed by atoms with E-state index in [1.54, 1.807) is 0 Å². The Morgan fingerprint density at radius 1 is 1.90 bits per heavy atom. The van der Waals surface area contributed by atoms with Gasteiger partial charge in [-0.2, -0.15) is 0 Å². The van der Waals surface area contributed by atoms with E-state index in [1.807, 2.05) is 0 Å². The summed E-state index contributed by atoms with van der Waals surface area (Å²) in [7, 11) is 0. The van der Waals surface area contributed by atoms with Crippen molar-refractivity contribution in [2.45, 2.75) is 6.10 Å². The van der Waals surface area contributed by atoms with Crippen LogP contribution in [-0.4, -0.2) is 30.3 Å². The molecule has 0 radical (unpaired) electrons. The number of aliphatic hydroxyl groups is 1. The molecule has 1 atom stereocenters. The van der Waals surface area contributed by atoms with Crippen molar-refractivity contribution in [2.24, 2.45) is 5.73 Å². The predicted octanol–water partition coefficient (Wildman–Crippen LogP) is -0.965. The van der Waals surface area contributed by atoms with Crippen LogP contribution in [0.4, 0.5) is 0 Å². The minimum Gasteiger partial charge on any atom is -0.460 e. The van der Waals surface area contributed by atoms with Gasteiger partial charge >= 0.3 is 5.97 Å². The lowest BCUT2D eigenvalue weighted by Crippen LogP contribution is -2.30. The second kappa shape index (κ2) is 4.96. The summed E-state index contributed by atoms with van der Waals surface area (Å²) in [6.45, 7) is 3.32. The minimum absolute atomic E-state index is 0.107. The van der Waals surface area contributed by atoms with E-state index < -0.39 is 12.1 Å². The lowest BCUT2D eigenvalue weighted by Gasteiger charge is -2.05. The molecule has 0 spiro atoms. The standard InChI is InChI=1S/C6H11NO3/c1-2-3-10-6(9)5(8)4-7/h2,5,8H,1,3-4,7H2. The van der Waals surface area contributed by atoms with E-state index >= 15 is 0 Å². The molecule has 4 nitrogen and oxygen atoms in total. The zero-order chi connectivity index (χ0) is 7.98. The number of carbonyl (C=O) groups excluding carboxylic acids is 1. The first kappa shape index (κ1) is 9.13. The van der Waals surface area contributed by atoms with Gasteiger partial charge in [0.1, 0.15) is 6.61 Å². The number of aliphatic hydroxyl groups excluding tert-OH is 1. The number of carbonyl (C=O) groups is 1. The van der Waals surface area contributed by atoms with Crippen LogP contribution in [0.25, 0.3) is 0 Å². The summed E-state index contributed by atoms with van der Waals surface area (Å²) in [6, 6.07) is 0. The molecular weight excluding hydrogens is 134 g/mol. The molecule has 0 saturated heterocycles. The van der Waals surface area contributed by atoms with E-state index in [-0.39, 0.29) is 13.2 Å². The third kappa shape index (κ3) is 3.21. The maximum absolute atomic E-state index is 10.5. The molecule has 0 aliphatic carbocycles. The molecule has 0 aromatic carbocycles. The molecule has 0 fully saturated rings. The maximum atomic E-state index is 10.5. The third-order valence-electron chi connectivity index (χ3n) is 0.839. The van der Waals surface area contributed by atoms with E-state index in [1.165, 1.54) is 6.08 Å². The number of ether oxygens (including phenoxy) is 1. The summed E-state index contributed by atoms with van der Waals surface area (Å²) in [5, 5.41) is 8.72. The number of hydrogen-bond donors (Lipinski definition) is 2. The van der Waals surface area contributed by atoms with E-state index in [0.29, 0.717) is 0 Å². The van der Waals surface area contributed by atoms with Gasteiger partial charge in [0, 0.05) is 6.54 Å². The second-order valence-electron chi connectivity index (χ2n) is 1.67. The van der Waals surface area contributed by atoms with Crippen molar-refractivity contribution in [3.63, 3.8) is 0 Å². The van der Waals surface area contributed by atoms with Gasteiger partial charge in [0.05, 0.1) is 0 Å². The van der Waals surface area contributed by atoms with Crippen LogP contribution in [0.1, 0.15) is 0 Å². The number of rotatable bonds is 4. The van der Waals surface area contributed by atoms with Gasteiger partial charge in [0.15, 0.2) is 6.10 Å². The summed E-state index contributed by atoms with van der Waals surface area (Å²) in [5.41, 5.74) is 4.97. The summed E-state index contributed by atoms with van der Waals surface area (Å²) in [4.78, 5) is 10.5. The van der Waals surface area contributed by atoms with Crippen molar-refractivity contribution in [3.8, 4) is 0 Å².